The van der Waals surface area contributed by atoms with Crippen molar-refractivity contribution in [2.24, 2.45) is 0 Å². The van der Waals surface area contributed by atoms with Crippen LogP contribution in [0, 0.1) is 0 Å². The number of nitrogens with zero attached hydrogens (tertiary/aromatic N) is 1. The minimum absolute atomic E-state index is 0.855. The van der Waals surface area contributed by atoms with Gasteiger partial charge in [0, 0.05) is 32.8 Å². The van der Waals surface area contributed by atoms with E-state index in [1.54, 1.807) is 0 Å². The monoisotopic (exact) mass is 627 g/mol. The van der Waals surface area contributed by atoms with Crippen molar-refractivity contribution in [2.75, 3.05) is 4.90 Å². The quantitative estimate of drug-likeness (QED) is 0.190. The molecule has 0 unspecified atom stereocenters. The molecule has 0 N–H and O–H groups in total. The number of hydrogen-bond acceptors (Lipinski definition) is 3. The summed E-state index contributed by atoms with van der Waals surface area (Å²) in [6, 6.07) is 62.1. The van der Waals surface area contributed by atoms with Gasteiger partial charge in [-0.1, -0.05) is 127 Å². The number of furan rings is 2. The lowest BCUT2D eigenvalue weighted by molar-refractivity contribution is 0.668. The highest BCUT2D eigenvalue weighted by molar-refractivity contribution is 6.11. The number of rotatable bonds is 5. The molecule has 2 heterocycles. The van der Waals surface area contributed by atoms with Crippen molar-refractivity contribution in [3.05, 3.63) is 176 Å². The van der Waals surface area contributed by atoms with Crippen LogP contribution in [0.15, 0.2) is 185 Å². The minimum Gasteiger partial charge on any atom is -0.456 e. The topological polar surface area (TPSA) is 29.5 Å². The molecule has 2 aromatic heterocycles. The van der Waals surface area contributed by atoms with Gasteiger partial charge in [-0.2, -0.15) is 0 Å². The van der Waals surface area contributed by atoms with E-state index in [1.165, 1.54) is 21.9 Å². The number of hydrogen-bond donors (Lipinski definition) is 0. The summed E-state index contributed by atoms with van der Waals surface area (Å²) in [6.45, 7) is 0. The number of para-hydroxylation sites is 4. The van der Waals surface area contributed by atoms with Crippen molar-refractivity contribution in [3.63, 3.8) is 0 Å². The second-order valence-electron chi connectivity index (χ2n) is 12.5. The summed E-state index contributed by atoms with van der Waals surface area (Å²) in [5.41, 5.74) is 11.2. The molecule has 0 saturated carbocycles. The summed E-state index contributed by atoms with van der Waals surface area (Å²) in [7, 11) is 0. The normalized spacial score (nSPS) is 11.7. The van der Waals surface area contributed by atoms with Crippen LogP contribution in [0.25, 0.3) is 76.9 Å². The van der Waals surface area contributed by atoms with Gasteiger partial charge in [-0.3, -0.25) is 0 Å². The fourth-order valence-corrected chi connectivity index (χ4v) is 7.39. The van der Waals surface area contributed by atoms with Gasteiger partial charge >= 0.3 is 0 Å². The number of benzene rings is 8. The van der Waals surface area contributed by atoms with Gasteiger partial charge in [0.2, 0.25) is 0 Å². The molecule has 0 aliphatic carbocycles. The molecule has 0 radical (unpaired) electrons. The van der Waals surface area contributed by atoms with Crippen LogP contribution in [-0.4, -0.2) is 0 Å². The SMILES string of the molecule is c1ccc(N(c2ccc(-c3cccc4ccccc34)cc2)c2cccc3c2oc2ccccc23)c(-c2ccc3oc4ccccc4c3c2)c1. The Morgan fingerprint density at radius 2 is 0.918 bits per heavy atom. The molecule has 0 spiro atoms. The van der Waals surface area contributed by atoms with Crippen LogP contribution in [0.2, 0.25) is 0 Å². The highest BCUT2D eigenvalue weighted by Gasteiger charge is 2.22. The maximum atomic E-state index is 6.64. The van der Waals surface area contributed by atoms with Gasteiger partial charge < -0.3 is 13.7 Å². The highest BCUT2D eigenvalue weighted by atomic mass is 16.3. The van der Waals surface area contributed by atoms with Crippen molar-refractivity contribution in [1.82, 2.24) is 0 Å². The number of anilines is 3. The second kappa shape index (κ2) is 11.0. The molecule has 0 atom stereocenters. The second-order valence-corrected chi connectivity index (χ2v) is 12.5. The summed E-state index contributed by atoms with van der Waals surface area (Å²) >= 11 is 0. The number of fused-ring (bicyclic) bond motifs is 7. The average molecular weight is 628 g/mol. The van der Waals surface area contributed by atoms with E-state index in [0.717, 1.165) is 72.1 Å². The van der Waals surface area contributed by atoms with Gasteiger partial charge in [-0.15, -0.1) is 0 Å². The van der Waals surface area contributed by atoms with E-state index in [2.05, 4.69) is 157 Å². The Labute approximate surface area is 282 Å². The van der Waals surface area contributed by atoms with Gasteiger partial charge in [0.15, 0.2) is 5.58 Å². The Balaban J connectivity index is 1.19. The molecule has 3 nitrogen and oxygen atoms in total. The Kier molecular flexibility index (Phi) is 6.18. The van der Waals surface area contributed by atoms with Crippen molar-refractivity contribution in [3.8, 4) is 22.3 Å². The summed E-state index contributed by atoms with van der Waals surface area (Å²) in [5, 5.41) is 6.90. The van der Waals surface area contributed by atoms with Crippen LogP contribution in [0.4, 0.5) is 17.1 Å². The predicted octanol–water partition coefficient (Wildman–Crippen LogP) is 13.4. The van der Waals surface area contributed by atoms with E-state index in [0.29, 0.717) is 0 Å². The third kappa shape index (κ3) is 4.44. The first-order valence-electron chi connectivity index (χ1n) is 16.6. The molecule has 10 rings (SSSR count). The average Bonchev–Trinajstić information content (AvgIpc) is 3.74. The molecule has 0 fully saturated rings. The van der Waals surface area contributed by atoms with Crippen LogP contribution in [-0.2, 0) is 0 Å². The van der Waals surface area contributed by atoms with Crippen molar-refractivity contribution in [2.45, 2.75) is 0 Å². The lowest BCUT2D eigenvalue weighted by Crippen LogP contribution is -2.11. The van der Waals surface area contributed by atoms with Crippen molar-refractivity contribution in [1.29, 1.82) is 0 Å². The Hall–Kier alpha value is -6.58. The maximum absolute atomic E-state index is 6.64. The van der Waals surface area contributed by atoms with Crippen LogP contribution in [0.3, 0.4) is 0 Å². The molecule has 0 bridgehead atoms. The van der Waals surface area contributed by atoms with E-state index >= 15 is 0 Å². The fourth-order valence-electron chi connectivity index (χ4n) is 7.39. The van der Waals surface area contributed by atoms with Gasteiger partial charge in [0.05, 0.1) is 11.4 Å². The van der Waals surface area contributed by atoms with Gasteiger partial charge in [-0.05, 0) is 76.0 Å². The molecule has 10 aromatic rings. The van der Waals surface area contributed by atoms with Gasteiger partial charge in [0.1, 0.15) is 16.7 Å². The third-order valence-electron chi connectivity index (χ3n) is 9.68. The van der Waals surface area contributed by atoms with Crippen LogP contribution in [0.1, 0.15) is 0 Å². The summed E-state index contributed by atoms with van der Waals surface area (Å²) < 4.78 is 12.8. The van der Waals surface area contributed by atoms with Crippen molar-refractivity contribution >= 4 is 71.7 Å². The van der Waals surface area contributed by atoms with Gasteiger partial charge in [0.25, 0.3) is 0 Å². The summed E-state index contributed by atoms with van der Waals surface area (Å²) in [4.78, 5) is 2.34. The van der Waals surface area contributed by atoms with E-state index < -0.39 is 0 Å². The van der Waals surface area contributed by atoms with E-state index in [4.69, 9.17) is 8.83 Å². The lowest BCUT2D eigenvalue weighted by atomic mass is 9.97. The van der Waals surface area contributed by atoms with Crippen LogP contribution >= 0.6 is 0 Å². The Bertz CT molecular complexity index is 2830. The first-order chi connectivity index (χ1) is 24.3. The molecule has 230 valence electrons. The highest BCUT2D eigenvalue weighted by Crippen LogP contribution is 2.46. The summed E-state index contributed by atoms with van der Waals surface area (Å²) in [5.74, 6) is 0. The Morgan fingerprint density at radius 1 is 0.347 bits per heavy atom. The molecule has 3 heteroatoms. The fraction of sp³-hybridized carbons (Fsp3) is 0. The first-order valence-corrected chi connectivity index (χ1v) is 16.6. The molecule has 8 aromatic carbocycles. The smallest absolute Gasteiger partial charge is 0.159 e. The summed E-state index contributed by atoms with van der Waals surface area (Å²) in [6.07, 6.45) is 0. The van der Waals surface area contributed by atoms with Crippen LogP contribution < -0.4 is 4.90 Å². The standard InChI is InChI=1S/C46H29NO2/c1-2-13-34-30(11-1)12-9-17-35(34)31-23-26-33(27-24-31)47(42-20-10-18-39-37-15-4-8-22-44(37)49-46(39)42)41-19-6-3-14-36(41)32-25-28-45-40(29-32)38-16-5-7-21-43(38)48-45/h1-29H. The van der Waals surface area contributed by atoms with Crippen LogP contribution in [0.5, 0.6) is 0 Å². The Morgan fingerprint density at radius 3 is 1.78 bits per heavy atom. The molecular weight excluding hydrogens is 599 g/mol. The molecule has 0 amide bonds. The van der Waals surface area contributed by atoms with Crippen molar-refractivity contribution < 1.29 is 8.83 Å². The lowest BCUT2D eigenvalue weighted by Gasteiger charge is -2.28. The predicted molar refractivity (Wildman–Crippen MR) is 204 cm³/mol. The molecule has 0 aliphatic heterocycles. The molecule has 0 saturated heterocycles. The molecular formula is C46H29NO2. The minimum atomic E-state index is 0.855. The van der Waals surface area contributed by atoms with E-state index in [-0.39, 0.29) is 0 Å². The molecule has 0 aliphatic rings. The zero-order valence-electron chi connectivity index (χ0n) is 26.5. The zero-order chi connectivity index (χ0) is 32.3. The van der Waals surface area contributed by atoms with E-state index in [9.17, 15) is 0 Å². The third-order valence-corrected chi connectivity index (χ3v) is 9.68. The van der Waals surface area contributed by atoms with E-state index in [1.807, 2.05) is 24.3 Å². The largest absolute Gasteiger partial charge is 0.456 e. The first kappa shape index (κ1) is 27.5. The maximum Gasteiger partial charge on any atom is 0.159 e. The zero-order valence-corrected chi connectivity index (χ0v) is 26.5. The van der Waals surface area contributed by atoms with Gasteiger partial charge in [-0.25, -0.2) is 0 Å². The molecule has 49 heavy (non-hydrogen) atoms.